The van der Waals surface area contributed by atoms with Crippen LogP contribution in [0, 0.1) is 11.8 Å². The van der Waals surface area contributed by atoms with Gasteiger partial charge in [0.1, 0.15) is 0 Å². The molecule has 0 saturated heterocycles. The van der Waals surface area contributed by atoms with Crippen LogP contribution in [0.2, 0.25) is 0 Å². The molecular formula is C15H21NO3S. The van der Waals surface area contributed by atoms with Gasteiger partial charge < -0.3 is 10.4 Å². The first-order chi connectivity index (χ1) is 9.47. The molecule has 1 aliphatic carbocycles. The van der Waals surface area contributed by atoms with Crippen LogP contribution in [0.5, 0.6) is 0 Å². The fourth-order valence-electron chi connectivity index (χ4n) is 2.43. The summed E-state index contributed by atoms with van der Waals surface area (Å²) in [6.45, 7) is 4.30. The average molecular weight is 295 g/mol. The minimum atomic E-state index is -0.820. The van der Waals surface area contributed by atoms with Gasteiger partial charge in [-0.25, -0.2) is 0 Å². The summed E-state index contributed by atoms with van der Waals surface area (Å²) in [5.74, 6) is -0.619. The lowest BCUT2D eigenvalue weighted by Gasteiger charge is -2.16. The van der Waals surface area contributed by atoms with Gasteiger partial charge >= 0.3 is 5.97 Å². The molecule has 1 aromatic heterocycles. The highest BCUT2D eigenvalue weighted by molar-refractivity contribution is 7.14. The Hall–Kier alpha value is -1.36. The second-order valence-corrected chi connectivity index (χ2v) is 6.83. The third kappa shape index (κ3) is 3.60. The van der Waals surface area contributed by atoms with Gasteiger partial charge in [-0.2, -0.15) is 0 Å². The van der Waals surface area contributed by atoms with Crippen molar-refractivity contribution in [3.8, 4) is 0 Å². The van der Waals surface area contributed by atoms with Gasteiger partial charge in [-0.1, -0.05) is 13.8 Å². The molecule has 0 aromatic carbocycles. The summed E-state index contributed by atoms with van der Waals surface area (Å²) in [4.78, 5) is 24.8. The maximum absolute atomic E-state index is 12.0. The lowest BCUT2D eigenvalue weighted by molar-refractivity contribution is -0.141. The number of aryl methyl sites for hydroxylation is 1. The van der Waals surface area contributed by atoms with Crippen molar-refractivity contribution in [1.82, 2.24) is 5.32 Å². The van der Waals surface area contributed by atoms with E-state index >= 15 is 0 Å². The Morgan fingerprint density at radius 2 is 2.30 bits per heavy atom. The van der Waals surface area contributed by atoms with Gasteiger partial charge in [-0.15, -0.1) is 11.3 Å². The van der Waals surface area contributed by atoms with Crippen molar-refractivity contribution in [3.63, 3.8) is 0 Å². The van der Waals surface area contributed by atoms with E-state index in [1.807, 2.05) is 6.07 Å². The van der Waals surface area contributed by atoms with Crippen molar-refractivity contribution < 1.29 is 14.7 Å². The van der Waals surface area contributed by atoms with E-state index in [1.54, 1.807) is 18.3 Å². The molecular weight excluding hydrogens is 274 g/mol. The van der Waals surface area contributed by atoms with E-state index in [2.05, 4.69) is 12.2 Å². The van der Waals surface area contributed by atoms with Crippen LogP contribution >= 0.6 is 11.3 Å². The molecule has 0 fully saturated rings. The Balaban J connectivity index is 1.89. The number of aliphatic carboxylic acids is 1. The van der Waals surface area contributed by atoms with Gasteiger partial charge in [-0.05, 0) is 43.2 Å². The summed E-state index contributed by atoms with van der Waals surface area (Å²) >= 11 is 1.58. The molecule has 2 unspecified atom stereocenters. The van der Waals surface area contributed by atoms with Gasteiger partial charge in [0.05, 0.1) is 10.8 Å². The van der Waals surface area contributed by atoms with E-state index < -0.39 is 11.9 Å². The van der Waals surface area contributed by atoms with Crippen LogP contribution < -0.4 is 5.32 Å². The van der Waals surface area contributed by atoms with Gasteiger partial charge in [0, 0.05) is 11.4 Å². The Morgan fingerprint density at radius 1 is 1.55 bits per heavy atom. The highest BCUT2D eigenvalue weighted by Gasteiger charge is 2.20. The Kier molecular flexibility index (Phi) is 4.81. The monoisotopic (exact) mass is 295 g/mol. The van der Waals surface area contributed by atoms with E-state index in [0.29, 0.717) is 18.9 Å². The van der Waals surface area contributed by atoms with Crippen molar-refractivity contribution in [1.29, 1.82) is 0 Å². The molecule has 0 aliphatic heterocycles. The SMILES string of the molecule is CC1CCc2sc(C(=O)NCCC(C)C(=O)O)cc2C1. The maximum Gasteiger partial charge on any atom is 0.306 e. The number of rotatable bonds is 5. The number of carbonyl (C=O) groups is 2. The third-order valence-corrected chi connectivity index (χ3v) is 5.07. The van der Waals surface area contributed by atoms with Crippen LogP contribution in [0.15, 0.2) is 6.07 Å². The number of hydrogen-bond donors (Lipinski definition) is 2. The fraction of sp³-hybridized carbons (Fsp3) is 0.600. The molecule has 1 heterocycles. The second kappa shape index (κ2) is 6.39. The second-order valence-electron chi connectivity index (χ2n) is 5.69. The summed E-state index contributed by atoms with van der Waals surface area (Å²) in [5.41, 5.74) is 1.32. The molecule has 1 aliphatic rings. The van der Waals surface area contributed by atoms with E-state index in [9.17, 15) is 9.59 Å². The number of carbonyl (C=O) groups excluding carboxylic acids is 1. The van der Waals surface area contributed by atoms with Crippen molar-refractivity contribution in [3.05, 3.63) is 21.4 Å². The number of carboxylic acids is 1. The number of hydrogen-bond acceptors (Lipinski definition) is 3. The number of amides is 1. The topological polar surface area (TPSA) is 66.4 Å². The van der Waals surface area contributed by atoms with Crippen molar-refractivity contribution in [2.24, 2.45) is 11.8 Å². The lowest BCUT2D eigenvalue weighted by Crippen LogP contribution is -2.26. The standard InChI is InChI=1S/C15H21NO3S/c1-9-3-4-12-11(7-9)8-13(20-12)14(17)16-6-5-10(2)15(18)19/h8-10H,3-7H2,1-2H3,(H,16,17)(H,18,19). The van der Waals surface area contributed by atoms with E-state index in [1.165, 1.54) is 16.9 Å². The van der Waals surface area contributed by atoms with Crippen LogP contribution in [0.1, 0.15) is 46.8 Å². The molecule has 0 saturated carbocycles. The minimum Gasteiger partial charge on any atom is -0.481 e. The van der Waals surface area contributed by atoms with Crippen molar-refractivity contribution in [2.75, 3.05) is 6.54 Å². The zero-order chi connectivity index (χ0) is 14.7. The summed E-state index contributed by atoms with van der Waals surface area (Å²) in [6.07, 6.45) is 3.80. The third-order valence-electron chi connectivity index (χ3n) is 3.84. The van der Waals surface area contributed by atoms with E-state index in [4.69, 9.17) is 5.11 Å². The highest BCUT2D eigenvalue weighted by Crippen LogP contribution is 2.32. The van der Waals surface area contributed by atoms with Gasteiger partial charge in [0.15, 0.2) is 0 Å². The number of nitrogens with one attached hydrogen (secondary N) is 1. The Labute approximate surface area is 123 Å². The summed E-state index contributed by atoms with van der Waals surface area (Å²) in [6, 6.07) is 2.01. The zero-order valence-corrected chi connectivity index (χ0v) is 12.8. The number of thiophene rings is 1. The quantitative estimate of drug-likeness (QED) is 0.877. The van der Waals surface area contributed by atoms with Gasteiger partial charge in [0.25, 0.3) is 5.91 Å². The molecule has 20 heavy (non-hydrogen) atoms. The maximum atomic E-state index is 12.0. The van der Waals surface area contributed by atoms with Crippen LogP contribution in [-0.4, -0.2) is 23.5 Å². The molecule has 4 nitrogen and oxygen atoms in total. The first-order valence-electron chi connectivity index (χ1n) is 7.10. The molecule has 2 atom stereocenters. The summed E-state index contributed by atoms with van der Waals surface area (Å²) < 4.78 is 0. The largest absolute Gasteiger partial charge is 0.481 e. The molecule has 1 aromatic rings. The highest BCUT2D eigenvalue weighted by atomic mass is 32.1. The van der Waals surface area contributed by atoms with E-state index in [0.717, 1.165) is 17.7 Å². The average Bonchev–Trinajstić information content (AvgIpc) is 2.81. The first kappa shape index (κ1) is 15.0. The summed E-state index contributed by atoms with van der Waals surface area (Å²) in [5, 5.41) is 11.6. The van der Waals surface area contributed by atoms with Gasteiger partial charge in [0.2, 0.25) is 0 Å². The zero-order valence-electron chi connectivity index (χ0n) is 11.9. The lowest BCUT2D eigenvalue weighted by atomic mass is 9.90. The van der Waals surface area contributed by atoms with Crippen LogP contribution in [0.4, 0.5) is 0 Å². The van der Waals surface area contributed by atoms with Gasteiger partial charge in [-0.3, -0.25) is 9.59 Å². The van der Waals surface area contributed by atoms with E-state index in [-0.39, 0.29) is 5.91 Å². The Morgan fingerprint density at radius 3 is 3.00 bits per heavy atom. The predicted octanol–water partition coefficient (Wildman–Crippen LogP) is 2.71. The molecule has 2 rings (SSSR count). The molecule has 110 valence electrons. The van der Waals surface area contributed by atoms with Crippen molar-refractivity contribution >= 4 is 23.2 Å². The molecule has 0 radical (unpaired) electrons. The van der Waals surface area contributed by atoms with Crippen molar-refractivity contribution in [2.45, 2.75) is 39.5 Å². The Bertz CT molecular complexity index is 509. The first-order valence-corrected chi connectivity index (χ1v) is 7.91. The molecule has 1 amide bonds. The smallest absolute Gasteiger partial charge is 0.306 e. The molecule has 5 heteroatoms. The molecule has 0 bridgehead atoms. The summed E-state index contributed by atoms with van der Waals surface area (Å²) in [7, 11) is 0. The fourth-order valence-corrected chi connectivity index (χ4v) is 3.56. The predicted molar refractivity (Wildman–Crippen MR) is 79.3 cm³/mol. The normalized spacial score (nSPS) is 19.2. The molecule has 2 N–H and O–H groups in total. The minimum absolute atomic E-state index is 0.0744. The number of carboxylic acid groups (broad SMARTS) is 1. The van der Waals surface area contributed by atoms with Crippen LogP contribution in [-0.2, 0) is 17.6 Å². The molecule has 0 spiro atoms. The van der Waals surface area contributed by atoms with Crippen LogP contribution in [0.3, 0.4) is 0 Å². The van der Waals surface area contributed by atoms with Crippen LogP contribution in [0.25, 0.3) is 0 Å². The number of fused-ring (bicyclic) bond motifs is 1.